The molecule has 0 saturated carbocycles. The van der Waals surface area contributed by atoms with Gasteiger partial charge in [0.25, 0.3) is 5.82 Å². The van der Waals surface area contributed by atoms with Crippen LogP contribution in [0.1, 0.15) is 45.9 Å². The highest BCUT2D eigenvalue weighted by Gasteiger charge is 2.20. The SMILES string of the molecule is CCCCC#C[n+]1ccn(CC)c1CC.F[B-](F)(F)F. The average molecular weight is 292 g/mol. The first-order chi connectivity index (χ1) is 9.33. The first-order valence-corrected chi connectivity index (χ1v) is 6.79. The summed E-state index contributed by atoms with van der Waals surface area (Å²) in [6.07, 6.45) is 8.61. The first-order valence-electron chi connectivity index (χ1n) is 6.79. The van der Waals surface area contributed by atoms with Crippen molar-refractivity contribution < 1.29 is 21.8 Å². The number of rotatable bonds is 4. The lowest BCUT2D eigenvalue weighted by molar-refractivity contribution is -0.592. The summed E-state index contributed by atoms with van der Waals surface area (Å²) in [5.74, 6) is 4.51. The summed E-state index contributed by atoms with van der Waals surface area (Å²) in [4.78, 5) is 0. The minimum atomic E-state index is -6.00. The van der Waals surface area contributed by atoms with Crippen molar-refractivity contribution in [1.82, 2.24) is 4.57 Å². The van der Waals surface area contributed by atoms with Gasteiger partial charge in [-0.05, 0) is 13.3 Å². The molecular formula is C13H21BF4N2. The number of hydrogen-bond acceptors (Lipinski definition) is 0. The predicted molar refractivity (Wildman–Crippen MR) is 72.6 cm³/mol. The van der Waals surface area contributed by atoms with Gasteiger partial charge in [-0.1, -0.05) is 26.2 Å². The van der Waals surface area contributed by atoms with Crippen LogP contribution in [0.3, 0.4) is 0 Å². The third kappa shape index (κ3) is 8.62. The molecule has 0 aliphatic carbocycles. The normalized spacial score (nSPS) is 10.3. The summed E-state index contributed by atoms with van der Waals surface area (Å²) in [5.41, 5.74) is 0. The summed E-state index contributed by atoms with van der Waals surface area (Å²) < 4.78 is 43.3. The highest BCUT2D eigenvalue weighted by molar-refractivity contribution is 6.50. The molecule has 0 atom stereocenters. The fraction of sp³-hybridized carbons (Fsp3) is 0.615. The highest BCUT2D eigenvalue weighted by atomic mass is 19.5. The van der Waals surface area contributed by atoms with Crippen LogP contribution in [0.5, 0.6) is 0 Å². The van der Waals surface area contributed by atoms with Crippen LogP contribution in [-0.2, 0) is 13.0 Å². The molecule has 1 aromatic heterocycles. The molecule has 0 fully saturated rings. The maximum absolute atomic E-state index is 9.75. The van der Waals surface area contributed by atoms with Crippen LogP contribution in [0, 0.1) is 12.0 Å². The molecule has 20 heavy (non-hydrogen) atoms. The van der Waals surface area contributed by atoms with E-state index in [1.165, 1.54) is 18.7 Å². The number of halogens is 4. The van der Waals surface area contributed by atoms with Gasteiger partial charge in [0.1, 0.15) is 18.4 Å². The minimum absolute atomic E-state index is 1.00. The fourth-order valence-electron chi connectivity index (χ4n) is 1.63. The van der Waals surface area contributed by atoms with Gasteiger partial charge >= 0.3 is 7.25 Å². The summed E-state index contributed by atoms with van der Waals surface area (Å²) in [6.45, 7) is 7.55. The lowest BCUT2D eigenvalue weighted by Crippen LogP contribution is -2.31. The first kappa shape index (κ1) is 18.6. The monoisotopic (exact) mass is 292 g/mol. The summed E-state index contributed by atoms with van der Waals surface area (Å²) in [6, 6.07) is 3.20. The van der Waals surface area contributed by atoms with Crippen molar-refractivity contribution in [1.29, 1.82) is 0 Å². The Labute approximate surface area is 117 Å². The molecule has 0 bridgehead atoms. The summed E-state index contributed by atoms with van der Waals surface area (Å²) in [7, 11) is -6.00. The molecule has 2 nitrogen and oxygen atoms in total. The van der Waals surface area contributed by atoms with Gasteiger partial charge in [-0.2, -0.15) is 4.57 Å². The van der Waals surface area contributed by atoms with Gasteiger partial charge in [0.05, 0.1) is 6.54 Å². The lowest BCUT2D eigenvalue weighted by Gasteiger charge is -1.94. The van der Waals surface area contributed by atoms with Crippen molar-refractivity contribution in [3.05, 3.63) is 18.2 Å². The molecule has 0 N–H and O–H groups in total. The maximum Gasteiger partial charge on any atom is 0.673 e. The van der Waals surface area contributed by atoms with Crippen molar-refractivity contribution in [3.8, 4) is 12.0 Å². The van der Waals surface area contributed by atoms with Gasteiger partial charge in [-0.25, -0.2) is 4.57 Å². The molecule has 7 heteroatoms. The zero-order chi connectivity index (χ0) is 15.6. The van der Waals surface area contributed by atoms with E-state index in [0.717, 1.165) is 19.4 Å². The zero-order valence-electron chi connectivity index (χ0n) is 12.2. The minimum Gasteiger partial charge on any atom is -0.418 e. The number of hydrogen-bond donors (Lipinski definition) is 0. The van der Waals surface area contributed by atoms with E-state index >= 15 is 0 Å². The Hall–Kier alpha value is -1.45. The van der Waals surface area contributed by atoms with Crippen LogP contribution < -0.4 is 4.57 Å². The van der Waals surface area contributed by atoms with Crippen LogP contribution in [0.4, 0.5) is 17.3 Å². The second kappa shape index (κ2) is 9.46. The summed E-state index contributed by atoms with van der Waals surface area (Å²) >= 11 is 0. The van der Waals surface area contributed by atoms with E-state index < -0.39 is 7.25 Å². The molecule has 0 saturated heterocycles. The van der Waals surface area contributed by atoms with E-state index in [2.05, 4.69) is 54.3 Å². The molecule has 0 amide bonds. The number of nitrogens with zero attached hydrogens (tertiary/aromatic N) is 2. The van der Waals surface area contributed by atoms with E-state index in [0.29, 0.717) is 0 Å². The van der Waals surface area contributed by atoms with Crippen LogP contribution in [0.25, 0.3) is 0 Å². The molecule has 0 aromatic carbocycles. The molecule has 0 aliphatic rings. The Morgan fingerprint density at radius 2 is 1.80 bits per heavy atom. The van der Waals surface area contributed by atoms with Gasteiger partial charge in [0.2, 0.25) is 0 Å². The molecule has 0 spiro atoms. The van der Waals surface area contributed by atoms with E-state index in [1.807, 2.05) is 0 Å². The standard InChI is InChI=1S/C13H21N2.BF4/c1-4-7-8-9-10-15-12-11-14(6-3)13(15)5-2;2-1(3,4)5/h11-12H,4-8H2,1-3H3;/q+1;-1. The molecule has 114 valence electrons. The van der Waals surface area contributed by atoms with E-state index in [-0.39, 0.29) is 0 Å². The van der Waals surface area contributed by atoms with Gasteiger partial charge in [-0.3, -0.25) is 0 Å². The van der Waals surface area contributed by atoms with Crippen molar-refractivity contribution in [2.75, 3.05) is 0 Å². The topological polar surface area (TPSA) is 8.81 Å². The third-order valence-corrected chi connectivity index (χ3v) is 2.52. The zero-order valence-corrected chi connectivity index (χ0v) is 12.2. The Morgan fingerprint density at radius 3 is 2.25 bits per heavy atom. The Morgan fingerprint density at radius 1 is 1.20 bits per heavy atom. The van der Waals surface area contributed by atoms with E-state index in [1.54, 1.807) is 0 Å². The van der Waals surface area contributed by atoms with Crippen LogP contribution in [0.2, 0.25) is 0 Å². The molecule has 1 aromatic rings. The van der Waals surface area contributed by atoms with Gasteiger partial charge in [-0.15, -0.1) is 0 Å². The fourth-order valence-corrected chi connectivity index (χ4v) is 1.63. The lowest BCUT2D eigenvalue weighted by atomic mass is 10.3. The van der Waals surface area contributed by atoms with Gasteiger partial charge in [0.15, 0.2) is 0 Å². The second-order valence-electron chi connectivity index (χ2n) is 4.11. The molecule has 0 aliphatic heterocycles. The van der Waals surface area contributed by atoms with E-state index in [9.17, 15) is 17.3 Å². The summed E-state index contributed by atoms with van der Waals surface area (Å²) in [5, 5.41) is 0. The van der Waals surface area contributed by atoms with Crippen LogP contribution in [-0.4, -0.2) is 11.8 Å². The average Bonchev–Trinajstić information content (AvgIpc) is 2.74. The van der Waals surface area contributed by atoms with Gasteiger partial charge < -0.3 is 17.3 Å². The number of aromatic nitrogens is 2. The maximum atomic E-state index is 9.75. The van der Waals surface area contributed by atoms with Crippen LogP contribution in [0.15, 0.2) is 12.4 Å². The molecule has 0 radical (unpaired) electrons. The smallest absolute Gasteiger partial charge is 0.418 e. The van der Waals surface area contributed by atoms with Gasteiger partial charge in [0, 0.05) is 12.8 Å². The van der Waals surface area contributed by atoms with Crippen molar-refractivity contribution in [2.45, 2.75) is 53.0 Å². The predicted octanol–water partition coefficient (Wildman–Crippen LogP) is 3.66. The number of unbranched alkanes of at least 4 members (excludes halogenated alkanes) is 2. The Bertz CT molecular complexity index is 437. The Kier molecular flexibility index (Phi) is 8.77. The molecule has 1 heterocycles. The largest absolute Gasteiger partial charge is 0.673 e. The third-order valence-electron chi connectivity index (χ3n) is 2.52. The molecular weight excluding hydrogens is 271 g/mol. The Balaban J connectivity index is 0.000000621. The number of aryl methyl sites for hydroxylation is 1. The quantitative estimate of drug-likeness (QED) is 0.263. The number of imidazole rings is 1. The van der Waals surface area contributed by atoms with Crippen molar-refractivity contribution >= 4 is 7.25 Å². The van der Waals surface area contributed by atoms with Crippen molar-refractivity contribution in [2.24, 2.45) is 0 Å². The van der Waals surface area contributed by atoms with E-state index in [4.69, 9.17) is 0 Å². The molecule has 0 unspecified atom stereocenters. The van der Waals surface area contributed by atoms with Crippen molar-refractivity contribution in [3.63, 3.8) is 0 Å². The molecule has 1 rings (SSSR count). The van der Waals surface area contributed by atoms with Crippen LogP contribution >= 0.6 is 0 Å². The second-order valence-corrected chi connectivity index (χ2v) is 4.11. The highest BCUT2D eigenvalue weighted by Crippen LogP contribution is 2.06.